The smallest absolute Gasteiger partial charge is 0.261 e. The maximum atomic E-state index is 12.9. The van der Waals surface area contributed by atoms with Crippen LogP contribution in [0.5, 0.6) is 0 Å². The number of nitrogens with one attached hydrogen (secondary N) is 1. The van der Waals surface area contributed by atoms with E-state index in [0.29, 0.717) is 0 Å². The van der Waals surface area contributed by atoms with Crippen molar-refractivity contribution in [2.75, 3.05) is 18.9 Å². The second-order valence-corrected chi connectivity index (χ2v) is 16.4. The second kappa shape index (κ2) is 11.3. The minimum atomic E-state index is -3.66. The summed E-state index contributed by atoms with van der Waals surface area (Å²) in [6, 6.07) is 20.5. The molecule has 1 amide bonds. The van der Waals surface area contributed by atoms with Crippen LogP contribution in [0.3, 0.4) is 0 Å². The van der Waals surface area contributed by atoms with Crippen molar-refractivity contribution >= 4 is 34.6 Å². The molecule has 2 aromatic rings. The highest BCUT2D eigenvalue weighted by atomic mass is 32.2. The van der Waals surface area contributed by atoms with Crippen molar-refractivity contribution < 1.29 is 22.7 Å². The van der Waals surface area contributed by atoms with Crippen LogP contribution in [0.25, 0.3) is 0 Å². The molecule has 0 heterocycles. The normalized spacial score (nSPS) is 19.6. The summed E-state index contributed by atoms with van der Waals surface area (Å²) in [4.78, 5) is 12.9. The van der Waals surface area contributed by atoms with Crippen LogP contribution in [0.1, 0.15) is 40.0 Å². The number of aliphatic hydroxyl groups is 1. The molecule has 1 aliphatic rings. The molecule has 0 aliphatic heterocycles. The van der Waals surface area contributed by atoms with Gasteiger partial charge in [-0.25, -0.2) is 13.6 Å². The van der Waals surface area contributed by atoms with Crippen LogP contribution in [-0.2, 0) is 19.2 Å². The Hall–Kier alpha value is -2.04. The van der Waals surface area contributed by atoms with E-state index in [9.17, 15) is 18.3 Å². The average molecular weight is 519 g/mol. The van der Waals surface area contributed by atoms with E-state index in [2.05, 4.69) is 50.4 Å². The molecule has 1 aliphatic carbocycles. The van der Waals surface area contributed by atoms with Crippen molar-refractivity contribution in [1.82, 2.24) is 5.32 Å². The first-order valence-corrected chi connectivity index (χ1v) is 15.8. The maximum Gasteiger partial charge on any atom is 0.261 e. The molecule has 0 saturated heterocycles. The molecule has 1 fully saturated rings. The lowest BCUT2D eigenvalue weighted by Gasteiger charge is -2.49. The van der Waals surface area contributed by atoms with Crippen LogP contribution >= 0.6 is 0 Å². The van der Waals surface area contributed by atoms with Gasteiger partial charge >= 0.3 is 0 Å². The number of primary sulfonamides is 1. The Labute approximate surface area is 210 Å². The average Bonchev–Trinajstić information content (AvgIpc) is 2.76. The molecule has 7 nitrogen and oxygen atoms in total. The van der Waals surface area contributed by atoms with Gasteiger partial charge in [0.25, 0.3) is 8.32 Å². The first-order chi connectivity index (χ1) is 16.5. The fourth-order valence-corrected chi connectivity index (χ4v) is 10.2. The van der Waals surface area contributed by atoms with Crippen LogP contribution < -0.4 is 20.8 Å². The monoisotopic (exact) mass is 518 g/mol. The highest BCUT2D eigenvalue weighted by Crippen LogP contribution is 2.43. The van der Waals surface area contributed by atoms with Crippen molar-refractivity contribution in [3.8, 4) is 0 Å². The molecular weight excluding hydrogens is 480 g/mol. The Kier molecular flexibility index (Phi) is 8.93. The van der Waals surface area contributed by atoms with Gasteiger partial charge in [-0.05, 0) is 40.1 Å². The number of nitrogens with two attached hydrogens (primary N) is 1. The Morgan fingerprint density at radius 2 is 1.63 bits per heavy atom. The van der Waals surface area contributed by atoms with Gasteiger partial charge in [0.2, 0.25) is 15.9 Å². The zero-order valence-electron chi connectivity index (χ0n) is 20.8. The molecule has 3 rings (SSSR count). The van der Waals surface area contributed by atoms with Gasteiger partial charge in [0.15, 0.2) is 0 Å². The molecule has 1 unspecified atom stereocenters. The number of aliphatic hydroxyl groups excluding tert-OH is 1. The van der Waals surface area contributed by atoms with E-state index in [-0.39, 0.29) is 48.1 Å². The number of amides is 1. The zero-order valence-corrected chi connectivity index (χ0v) is 22.6. The highest BCUT2D eigenvalue weighted by molar-refractivity contribution is 7.89. The molecule has 0 radical (unpaired) electrons. The lowest BCUT2D eigenvalue weighted by molar-refractivity contribution is -0.124. The molecule has 4 N–H and O–H groups in total. The molecule has 0 spiro atoms. The quantitative estimate of drug-likeness (QED) is 0.392. The van der Waals surface area contributed by atoms with Gasteiger partial charge in [-0.1, -0.05) is 81.4 Å². The van der Waals surface area contributed by atoms with E-state index in [4.69, 9.17) is 9.56 Å². The first-order valence-electron chi connectivity index (χ1n) is 12.1. The predicted molar refractivity (Wildman–Crippen MR) is 141 cm³/mol. The van der Waals surface area contributed by atoms with E-state index >= 15 is 0 Å². The SMILES string of the molecule is CC(C)(C)[Si](OC(CC(=O)NCCS(N)(=O)=O)[C@@H]1CC[C@H]1CO)(c1ccccc1)c1ccccc1. The molecule has 3 atom stereocenters. The predicted octanol–water partition coefficient (Wildman–Crippen LogP) is 1.74. The largest absolute Gasteiger partial charge is 0.404 e. The van der Waals surface area contributed by atoms with Crippen LogP contribution in [0.15, 0.2) is 60.7 Å². The Balaban J connectivity index is 2.01. The van der Waals surface area contributed by atoms with Crippen molar-refractivity contribution in [2.45, 2.75) is 51.2 Å². The maximum absolute atomic E-state index is 12.9. The van der Waals surface area contributed by atoms with Gasteiger partial charge in [0, 0.05) is 13.2 Å². The second-order valence-electron chi connectivity index (χ2n) is 10.4. The molecule has 1 saturated carbocycles. The summed E-state index contributed by atoms with van der Waals surface area (Å²) in [5, 5.41) is 19.7. The minimum absolute atomic E-state index is 0.0440. The van der Waals surface area contributed by atoms with E-state index in [0.717, 1.165) is 23.2 Å². The van der Waals surface area contributed by atoms with Crippen LogP contribution in [-0.4, -0.2) is 52.8 Å². The molecule has 2 aromatic carbocycles. The number of sulfonamides is 1. The van der Waals surface area contributed by atoms with E-state index in [1.54, 1.807) is 0 Å². The zero-order chi connectivity index (χ0) is 25.7. The minimum Gasteiger partial charge on any atom is -0.404 e. The number of carbonyl (C=O) groups excluding carboxylic acids is 1. The van der Waals surface area contributed by atoms with Crippen LogP contribution in [0, 0.1) is 11.8 Å². The topological polar surface area (TPSA) is 119 Å². The fraction of sp³-hybridized carbons (Fsp3) is 0.500. The lowest BCUT2D eigenvalue weighted by atomic mass is 9.70. The lowest BCUT2D eigenvalue weighted by Crippen LogP contribution is -2.68. The fourth-order valence-electron chi connectivity index (χ4n) is 5.10. The molecule has 9 heteroatoms. The highest BCUT2D eigenvalue weighted by Gasteiger charge is 2.53. The molecule has 192 valence electrons. The summed E-state index contributed by atoms with van der Waals surface area (Å²) >= 11 is 0. The number of benzene rings is 2. The van der Waals surface area contributed by atoms with Gasteiger partial charge in [0.1, 0.15) is 0 Å². The standard InChI is InChI=1S/C26H38N2O5SSi/c1-26(2,3)35(21-10-6-4-7-11-21,22-12-8-5-9-13-22)33-24(23-15-14-20(23)19-29)18-25(30)28-16-17-34(27,31)32/h4-13,20,23-24,29H,14-19H2,1-3H3,(H,28,30)(H2,27,31,32)/t20-,23+,24?/m0/s1. The number of rotatable bonds is 11. The molecule has 0 aromatic heterocycles. The number of hydrogen-bond acceptors (Lipinski definition) is 5. The van der Waals surface area contributed by atoms with Crippen LogP contribution in [0.4, 0.5) is 0 Å². The van der Waals surface area contributed by atoms with Crippen molar-refractivity contribution in [3.05, 3.63) is 60.7 Å². The Morgan fingerprint density at radius 3 is 2.03 bits per heavy atom. The number of carbonyl (C=O) groups is 1. The van der Waals surface area contributed by atoms with E-state index in [1.807, 2.05) is 36.4 Å². The molecule has 0 bridgehead atoms. The van der Waals surface area contributed by atoms with Gasteiger partial charge in [-0.3, -0.25) is 4.79 Å². The summed E-state index contributed by atoms with van der Waals surface area (Å²) in [6.45, 7) is 6.57. The molecule has 35 heavy (non-hydrogen) atoms. The molecular formula is C26H38N2O5SSi. The van der Waals surface area contributed by atoms with Gasteiger partial charge in [-0.15, -0.1) is 0 Å². The van der Waals surface area contributed by atoms with Gasteiger partial charge in [0.05, 0.1) is 18.3 Å². The third-order valence-electron chi connectivity index (χ3n) is 7.03. The van der Waals surface area contributed by atoms with E-state index in [1.165, 1.54) is 0 Å². The third kappa shape index (κ3) is 6.59. The third-order valence-corrected chi connectivity index (χ3v) is 12.9. The Bertz CT molecular complexity index is 1030. The summed E-state index contributed by atoms with van der Waals surface area (Å²) in [7, 11) is -6.57. The summed E-state index contributed by atoms with van der Waals surface area (Å²) in [5.41, 5.74) is 0. The summed E-state index contributed by atoms with van der Waals surface area (Å²) in [6.07, 6.45) is 1.45. The summed E-state index contributed by atoms with van der Waals surface area (Å²) in [5.74, 6) is -0.469. The van der Waals surface area contributed by atoms with Crippen molar-refractivity contribution in [3.63, 3.8) is 0 Å². The van der Waals surface area contributed by atoms with Gasteiger partial charge in [-0.2, -0.15) is 0 Å². The van der Waals surface area contributed by atoms with Crippen molar-refractivity contribution in [2.24, 2.45) is 17.0 Å². The Morgan fingerprint density at radius 1 is 1.09 bits per heavy atom. The van der Waals surface area contributed by atoms with E-state index < -0.39 is 24.4 Å². The summed E-state index contributed by atoms with van der Waals surface area (Å²) < 4.78 is 29.8. The van der Waals surface area contributed by atoms with Crippen LogP contribution in [0.2, 0.25) is 5.04 Å². The van der Waals surface area contributed by atoms with Crippen molar-refractivity contribution in [1.29, 1.82) is 0 Å². The van der Waals surface area contributed by atoms with Gasteiger partial charge < -0.3 is 14.8 Å². The first kappa shape index (κ1) is 27.5. The number of hydrogen-bond donors (Lipinski definition) is 3.